The predicted octanol–water partition coefficient (Wildman–Crippen LogP) is 1.68. The molecule has 1 amide bonds. The summed E-state index contributed by atoms with van der Waals surface area (Å²) in [5.74, 6) is -2.84. The zero-order chi connectivity index (χ0) is 12.8. The Balaban J connectivity index is 4.36. The van der Waals surface area contributed by atoms with Crippen LogP contribution in [0.3, 0.4) is 0 Å². The van der Waals surface area contributed by atoms with Crippen LogP contribution >= 0.6 is 0 Å². The summed E-state index contributed by atoms with van der Waals surface area (Å²) in [6.07, 6.45) is -2.69. The molecule has 0 aliphatic carbocycles. The molecule has 0 rings (SSSR count). The fourth-order valence-electron chi connectivity index (χ4n) is 1.27. The molecule has 0 radical (unpaired) electrons. The molecule has 16 heavy (non-hydrogen) atoms. The lowest BCUT2D eigenvalue weighted by Gasteiger charge is -2.25. The minimum Gasteiger partial charge on any atom is -0.465 e. The molecule has 5 nitrogen and oxygen atoms in total. The molecule has 0 aliphatic rings. The van der Waals surface area contributed by atoms with Crippen molar-refractivity contribution < 1.29 is 28.2 Å². The Morgan fingerprint density at radius 2 is 1.94 bits per heavy atom. The number of ether oxygens (including phenoxy) is 2. The molecule has 7 heteroatoms. The van der Waals surface area contributed by atoms with Gasteiger partial charge < -0.3 is 19.9 Å². The molecule has 2 N–H and O–H groups in total. The number of amides is 1. The molecule has 0 aromatic rings. The fourth-order valence-corrected chi connectivity index (χ4v) is 1.27. The zero-order valence-corrected chi connectivity index (χ0v) is 9.50. The van der Waals surface area contributed by atoms with Gasteiger partial charge in [0.2, 0.25) is 5.92 Å². The average molecular weight is 241 g/mol. The molecule has 0 spiro atoms. The zero-order valence-electron chi connectivity index (χ0n) is 9.50. The van der Waals surface area contributed by atoms with Crippen LogP contribution in [0.25, 0.3) is 0 Å². The largest absolute Gasteiger partial charge is 0.465 e. The van der Waals surface area contributed by atoms with Crippen molar-refractivity contribution >= 4 is 6.09 Å². The number of nitrogens with one attached hydrogen (secondary N) is 1. The maximum absolute atomic E-state index is 12.6. The van der Waals surface area contributed by atoms with E-state index >= 15 is 0 Å². The van der Waals surface area contributed by atoms with Gasteiger partial charge in [0.25, 0.3) is 0 Å². The van der Waals surface area contributed by atoms with Crippen molar-refractivity contribution in [3.8, 4) is 0 Å². The lowest BCUT2D eigenvalue weighted by molar-refractivity contribution is -0.126. The van der Waals surface area contributed by atoms with E-state index in [4.69, 9.17) is 14.6 Å². The topological polar surface area (TPSA) is 67.8 Å². The molecule has 0 aromatic heterocycles. The smallest absolute Gasteiger partial charge is 0.405 e. The van der Waals surface area contributed by atoms with E-state index in [0.29, 0.717) is 0 Å². The van der Waals surface area contributed by atoms with Gasteiger partial charge in [0.05, 0.1) is 6.04 Å². The SMILES string of the molecule is COC(OC)C(CCC(C)(F)F)NC(=O)O. The Bertz CT molecular complexity index is 216. The van der Waals surface area contributed by atoms with Gasteiger partial charge in [0, 0.05) is 20.6 Å². The molecule has 0 saturated carbocycles. The van der Waals surface area contributed by atoms with E-state index in [0.717, 1.165) is 6.92 Å². The van der Waals surface area contributed by atoms with Crippen molar-refractivity contribution in [2.24, 2.45) is 0 Å². The van der Waals surface area contributed by atoms with Crippen molar-refractivity contribution in [2.75, 3.05) is 14.2 Å². The molecule has 96 valence electrons. The molecule has 1 atom stereocenters. The first kappa shape index (κ1) is 15.0. The highest BCUT2D eigenvalue weighted by Crippen LogP contribution is 2.21. The van der Waals surface area contributed by atoms with Crippen LogP contribution in [0.4, 0.5) is 13.6 Å². The minimum atomic E-state index is -2.84. The fraction of sp³-hybridized carbons (Fsp3) is 0.889. The molecule has 1 unspecified atom stereocenters. The minimum absolute atomic E-state index is 0.0673. The van der Waals surface area contributed by atoms with E-state index in [-0.39, 0.29) is 6.42 Å². The first-order chi connectivity index (χ1) is 7.30. The maximum Gasteiger partial charge on any atom is 0.405 e. The molecule has 0 heterocycles. The third-order valence-electron chi connectivity index (χ3n) is 2.00. The number of hydrogen-bond donors (Lipinski definition) is 2. The first-order valence-electron chi connectivity index (χ1n) is 4.73. The number of hydrogen-bond acceptors (Lipinski definition) is 3. The van der Waals surface area contributed by atoms with Crippen molar-refractivity contribution in [1.82, 2.24) is 5.32 Å². The Morgan fingerprint density at radius 3 is 2.25 bits per heavy atom. The molecule has 0 saturated heterocycles. The number of rotatable bonds is 7. The van der Waals surface area contributed by atoms with E-state index in [1.165, 1.54) is 14.2 Å². The second-order valence-electron chi connectivity index (χ2n) is 3.50. The summed E-state index contributed by atoms with van der Waals surface area (Å²) in [6, 6.07) is -0.821. The molecule has 0 bridgehead atoms. The van der Waals surface area contributed by atoms with Gasteiger partial charge in [-0.05, 0) is 13.3 Å². The highest BCUT2D eigenvalue weighted by Gasteiger charge is 2.28. The van der Waals surface area contributed by atoms with Gasteiger partial charge in [-0.3, -0.25) is 0 Å². The number of halogens is 2. The van der Waals surface area contributed by atoms with Crippen molar-refractivity contribution in [3.05, 3.63) is 0 Å². The Kier molecular flexibility index (Phi) is 6.20. The lowest BCUT2D eigenvalue weighted by atomic mass is 10.1. The van der Waals surface area contributed by atoms with Gasteiger partial charge in [0.1, 0.15) is 0 Å². The predicted molar refractivity (Wildman–Crippen MR) is 52.6 cm³/mol. The Labute approximate surface area is 92.7 Å². The second-order valence-corrected chi connectivity index (χ2v) is 3.50. The summed E-state index contributed by atoms with van der Waals surface area (Å²) in [7, 11) is 2.63. The monoisotopic (exact) mass is 241 g/mol. The average Bonchev–Trinajstić information content (AvgIpc) is 2.13. The van der Waals surface area contributed by atoms with Crippen molar-refractivity contribution in [1.29, 1.82) is 0 Å². The van der Waals surface area contributed by atoms with Gasteiger partial charge in [-0.25, -0.2) is 13.6 Å². The van der Waals surface area contributed by atoms with Gasteiger partial charge in [-0.2, -0.15) is 0 Å². The standard InChI is InChI=1S/C9H17F2NO4/c1-9(10,11)5-4-6(12-8(13)14)7(15-2)16-3/h6-7,12H,4-5H2,1-3H3,(H,13,14). The van der Waals surface area contributed by atoms with Crippen LogP contribution in [-0.4, -0.2) is 43.7 Å². The quantitative estimate of drug-likeness (QED) is 0.665. The van der Waals surface area contributed by atoms with Crippen molar-refractivity contribution in [3.63, 3.8) is 0 Å². The van der Waals surface area contributed by atoms with E-state index < -0.39 is 30.8 Å². The molecular formula is C9H17F2NO4. The number of methoxy groups -OCH3 is 2. The third-order valence-corrected chi connectivity index (χ3v) is 2.00. The Hall–Kier alpha value is -0.950. The van der Waals surface area contributed by atoms with Crippen LogP contribution < -0.4 is 5.32 Å². The second kappa shape index (κ2) is 6.59. The van der Waals surface area contributed by atoms with E-state index in [1.807, 2.05) is 0 Å². The summed E-state index contributed by atoms with van der Waals surface area (Å²) < 4.78 is 34.9. The molecule has 0 aliphatic heterocycles. The Morgan fingerprint density at radius 1 is 1.44 bits per heavy atom. The number of alkyl halides is 2. The van der Waals surface area contributed by atoms with Gasteiger partial charge in [-0.15, -0.1) is 0 Å². The van der Waals surface area contributed by atoms with Crippen LogP contribution in [0.5, 0.6) is 0 Å². The summed E-state index contributed by atoms with van der Waals surface area (Å²) in [5, 5.41) is 10.6. The van der Waals surface area contributed by atoms with Gasteiger partial charge >= 0.3 is 6.09 Å². The van der Waals surface area contributed by atoms with Crippen molar-refractivity contribution in [2.45, 2.75) is 38.0 Å². The highest BCUT2D eigenvalue weighted by atomic mass is 19.3. The summed E-state index contributed by atoms with van der Waals surface area (Å²) in [6.45, 7) is 0.777. The van der Waals surface area contributed by atoms with Crippen LogP contribution in [0, 0.1) is 0 Å². The normalized spacial score (nSPS) is 13.9. The van der Waals surface area contributed by atoms with E-state index in [9.17, 15) is 13.6 Å². The molecule has 0 fully saturated rings. The van der Waals surface area contributed by atoms with Crippen LogP contribution in [-0.2, 0) is 9.47 Å². The van der Waals surface area contributed by atoms with Gasteiger partial charge in [0.15, 0.2) is 6.29 Å². The number of carboxylic acid groups (broad SMARTS) is 1. The summed E-state index contributed by atoms with van der Waals surface area (Å²) in [4.78, 5) is 10.5. The molecule has 0 aromatic carbocycles. The molecular weight excluding hydrogens is 224 g/mol. The number of carbonyl (C=O) groups is 1. The lowest BCUT2D eigenvalue weighted by Crippen LogP contribution is -2.45. The summed E-state index contributed by atoms with van der Waals surface area (Å²) >= 11 is 0. The van der Waals surface area contributed by atoms with E-state index in [2.05, 4.69) is 5.32 Å². The maximum atomic E-state index is 12.6. The van der Waals surface area contributed by atoms with Crippen LogP contribution in [0.15, 0.2) is 0 Å². The third kappa shape index (κ3) is 6.52. The van der Waals surface area contributed by atoms with Crippen LogP contribution in [0.1, 0.15) is 19.8 Å². The highest BCUT2D eigenvalue weighted by molar-refractivity contribution is 5.64. The first-order valence-corrected chi connectivity index (χ1v) is 4.73. The van der Waals surface area contributed by atoms with Gasteiger partial charge in [-0.1, -0.05) is 0 Å². The summed E-state index contributed by atoms with van der Waals surface area (Å²) in [5.41, 5.74) is 0. The van der Waals surface area contributed by atoms with E-state index in [1.54, 1.807) is 0 Å². The van der Waals surface area contributed by atoms with Crippen LogP contribution in [0.2, 0.25) is 0 Å².